The number of aromatic hydroxyl groups is 1. The standard InChI is InChI=1S/C32H27N3O/c1-32(2,3)22-15-17-28-25(20-22)23-16-14-21(26-10-6-7-18-33-26)19-29(23)35(28)31-13-8-11-27(34-31)24-9-4-5-12-30(24)36/h4-20,36H,1-3H3. The highest BCUT2D eigenvalue weighted by atomic mass is 16.3. The minimum Gasteiger partial charge on any atom is -0.507 e. The Morgan fingerprint density at radius 3 is 2.28 bits per heavy atom. The van der Waals surface area contributed by atoms with Crippen LogP contribution in [0, 0.1) is 0 Å². The molecule has 176 valence electrons. The first-order valence-corrected chi connectivity index (χ1v) is 12.2. The summed E-state index contributed by atoms with van der Waals surface area (Å²) in [6.07, 6.45) is 1.82. The van der Waals surface area contributed by atoms with Crippen molar-refractivity contribution < 1.29 is 5.11 Å². The minimum atomic E-state index is 0.0412. The van der Waals surface area contributed by atoms with Gasteiger partial charge in [-0.1, -0.05) is 63.2 Å². The maximum Gasteiger partial charge on any atom is 0.138 e. The zero-order valence-corrected chi connectivity index (χ0v) is 20.6. The van der Waals surface area contributed by atoms with Crippen molar-refractivity contribution in [1.82, 2.24) is 14.5 Å². The van der Waals surface area contributed by atoms with Gasteiger partial charge in [0.2, 0.25) is 0 Å². The first kappa shape index (κ1) is 22.1. The van der Waals surface area contributed by atoms with Crippen LogP contribution >= 0.6 is 0 Å². The SMILES string of the molecule is CC(C)(C)c1ccc2c(c1)c1ccc(-c3ccccn3)cc1n2-c1cccc(-c2ccccc2O)n1. The lowest BCUT2D eigenvalue weighted by Crippen LogP contribution is -2.10. The number of phenolic OH excluding ortho intramolecular Hbond substituents is 1. The summed E-state index contributed by atoms with van der Waals surface area (Å²) in [5.74, 6) is 1.02. The second-order valence-corrected chi connectivity index (χ2v) is 10.2. The van der Waals surface area contributed by atoms with Crippen LogP contribution in [-0.2, 0) is 5.41 Å². The molecule has 0 amide bonds. The average molecular weight is 470 g/mol. The lowest BCUT2D eigenvalue weighted by atomic mass is 9.86. The fraction of sp³-hybridized carbons (Fsp3) is 0.125. The monoisotopic (exact) mass is 469 g/mol. The van der Waals surface area contributed by atoms with Crippen molar-refractivity contribution in [3.63, 3.8) is 0 Å². The van der Waals surface area contributed by atoms with E-state index in [1.807, 2.05) is 60.8 Å². The van der Waals surface area contributed by atoms with E-state index in [1.54, 1.807) is 6.07 Å². The van der Waals surface area contributed by atoms with Crippen molar-refractivity contribution in [3.05, 3.63) is 109 Å². The van der Waals surface area contributed by atoms with E-state index in [-0.39, 0.29) is 11.2 Å². The zero-order chi connectivity index (χ0) is 24.9. The molecule has 4 heteroatoms. The molecule has 36 heavy (non-hydrogen) atoms. The van der Waals surface area contributed by atoms with Crippen molar-refractivity contribution in [2.75, 3.05) is 0 Å². The van der Waals surface area contributed by atoms with Crippen LogP contribution in [0.25, 0.3) is 50.1 Å². The van der Waals surface area contributed by atoms with Gasteiger partial charge in [-0.15, -0.1) is 0 Å². The highest BCUT2D eigenvalue weighted by Crippen LogP contribution is 2.37. The van der Waals surface area contributed by atoms with Crippen LogP contribution in [0.4, 0.5) is 0 Å². The Bertz CT molecular complexity index is 1730. The molecular weight excluding hydrogens is 442 g/mol. The molecule has 0 saturated heterocycles. The summed E-state index contributed by atoms with van der Waals surface area (Å²) >= 11 is 0. The summed E-state index contributed by atoms with van der Waals surface area (Å²) in [6, 6.07) is 32.5. The van der Waals surface area contributed by atoms with Gasteiger partial charge in [0.25, 0.3) is 0 Å². The zero-order valence-electron chi connectivity index (χ0n) is 20.6. The summed E-state index contributed by atoms with van der Waals surface area (Å²) in [4.78, 5) is 9.58. The van der Waals surface area contributed by atoms with Gasteiger partial charge in [0, 0.05) is 28.1 Å². The fourth-order valence-electron chi connectivity index (χ4n) is 4.82. The molecule has 0 spiro atoms. The molecule has 0 radical (unpaired) electrons. The van der Waals surface area contributed by atoms with Crippen LogP contribution in [0.3, 0.4) is 0 Å². The molecule has 0 aliphatic carbocycles. The van der Waals surface area contributed by atoms with E-state index in [9.17, 15) is 5.11 Å². The quantitative estimate of drug-likeness (QED) is 0.286. The fourth-order valence-corrected chi connectivity index (χ4v) is 4.82. The number of para-hydroxylation sites is 1. The van der Waals surface area contributed by atoms with Crippen LogP contribution in [0.2, 0.25) is 0 Å². The first-order valence-electron chi connectivity index (χ1n) is 12.2. The molecule has 0 fully saturated rings. The van der Waals surface area contributed by atoms with Gasteiger partial charge in [0.15, 0.2) is 0 Å². The molecule has 3 heterocycles. The highest BCUT2D eigenvalue weighted by molar-refractivity contribution is 6.10. The van der Waals surface area contributed by atoms with Crippen molar-refractivity contribution in [2.45, 2.75) is 26.2 Å². The van der Waals surface area contributed by atoms with Gasteiger partial charge in [-0.25, -0.2) is 4.98 Å². The van der Waals surface area contributed by atoms with E-state index in [1.165, 1.54) is 16.3 Å². The lowest BCUT2D eigenvalue weighted by Gasteiger charge is -2.19. The molecule has 0 aliphatic heterocycles. The Hall–Kier alpha value is -4.44. The predicted molar refractivity (Wildman–Crippen MR) is 148 cm³/mol. The van der Waals surface area contributed by atoms with Crippen molar-refractivity contribution >= 4 is 21.8 Å². The number of rotatable bonds is 3. The minimum absolute atomic E-state index is 0.0412. The Labute approximate surface area is 210 Å². The summed E-state index contributed by atoms with van der Waals surface area (Å²) < 4.78 is 2.22. The van der Waals surface area contributed by atoms with Crippen LogP contribution in [0.5, 0.6) is 5.75 Å². The van der Waals surface area contributed by atoms with Gasteiger partial charge < -0.3 is 5.11 Å². The van der Waals surface area contributed by atoms with Crippen LogP contribution < -0.4 is 0 Å². The normalized spacial score (nSPS) is 11.9. The molecule has 6 rings (SSSR count). The first-order chi connectivity index (χ1) is 17.4. The summed E-state index contributed by atoms with van der Waals surface area (Å²) in [6.45, 7) is 6.72. The lowest BCUT2D eigenvalue weighted by molar-refractivity contribution is 0.477. The van der Waals surface area contributed by atoms with Crippen molar-refractivity contribution in [2.24, 2.45) is 0 Å². The largest absolute Gasteiger partial charge is 0.507 e. The second kappa shape index (κ2) is 8.35. The predicted octanol–water partition coefficient (Wildman–Crippen LogP) is 7.91. The van der Waals surface area contributed by atoms with Crippen molar-refractivity contribution in [3.8, 4) is 34.1 Å². The van der Waals surface area contributed by atoms with Gasteiger partial charge in [-0.05, 0) is 65.6 Å². The molecule has 3 aromatic heterocycles. The van der Waals surface area contributed by atoms with E-state index >= 15 is 0 Å². The number of benzene rings is 3. The van der Waals surface area contributed by atoms with Gasteiger partial charge in [0.1, 0.15) is 11.6 Å². The summed E-state index contributed by atoms with van der Waals surface area (Å²) in [7, 11) is 0. The summed E-state index contributed by atoms with van der Waals surface area (Å²) in [5.41, 5.74) is 6.93. The van der Waals surface area contributed by atoms with E-state index in [2.05, 4.69) is 66.7 Å². The number of nitrogens with zero attached hydrogens (tertiary/aromatic N) is 3. The third-order valence-electron chi connectivity index (χ3n) is 6.74. The van der Waals surface area contributed by atoms with Gasteiger partial charge in [-0.2, -0.15) is 0 Å². The highest BCUT2D eigenvalue weighted by Gasteiger charge is 2.19. The Kier molecular flexibility index (Phi) is 5.11. The molecule has 0 bridgehead atoms. The van der Waals surface area contributed by atoms with E-state index < -0.39 is 0 Å². The molecule has 4 nitrogen and oxygen atoms in total. The topological polar surface area (TPSA) is 50.9 Å². The average Bonchev–Trinajstić information content (AvgIpc) is 3.22. The van der Waals surface area contributed by atoms with Crippen LogP contribution in [0.1, 0.15) is 26.3 Å². The number of aromatic nitrogens is 3. The third-order valence-corrected chi connectivity index (χ3v) is 6.74. The van der Waals surface area contributed by atoms with Crippen LogP contribution in [0.15, 0.2) is 103 Å². The van der Waals surface area contributed by atoms with Gasteiger partial charge >= 0.3 is 0 Å². The number of fused-ring (bicyclic) bond motifs is 3. The molecule has 0 unspecified atom stereocenters. The second-order valence-electron chi connectivity index (χ2n) is 10.2. The Morgan fingerprint density at radius 1 is 0.694 bits per heavy atom. The van der Waals surface area contributed by atoms with E-state index in [0.29, 0.717) is 5.56 Å². The smallest absolute Gasteiger partial charge is 0.138 e. The number of phenols is 1. The van der Waals surface area contributed by atoms with Crippen LogP contribution in [-0.4, -0.2) is 19.6 Å². The molecular formula is C32H27N3O. The third kappa shape index (κ3) is 3.72. The van der Waals surface area contributed by atoms with Gasteiger partial charge in [0.05, 0.1) is 22.4 Å². The number of pyridine rings is 2. The molecule has 0 aliphatic rings. The van der Waals surface area contributed by atoms with Crippen molar-refractivity contribution in [1.29, 1.82) is 0 Å². The molecule has 1 N–H and O–H groups in total. The molecule has 6 aromatic rings. The molecule has 3 aromatic carbocycles. The number of hydrogen-bond acceptors (Lipinski definition) is 3. The number of hydrogen-bond donors (Lipinski definition) is 1. The Morgan fingerprint density at radius 2 is 1.50 bits per heavy atom. The maximum absolute atomic E-state index is 10.4. The Balaban J connectivity index is 1.65. The van der Waals surface area contributed by atoms with Gasteiger partial charge in [-0.3, -0.25) is 9.55 Å². The molecule has 0 atom stereocenters. The van der Waals surface area contributed by atoms with E-state index in [0.717, 1.165) is 33.8 Å². The summed E-state index contributed by atoms with van der Waals surface area (Å²) in [5, 5.41) is 12.8. The molecule has 0 saturated carbocycles. The maximum atomic E-state index is 10.4. The van der Waals surface area contributed by atoms with E-state index in [4.69, 9.17) is 4.98 Å².